The van der Waals surface area contributed by atoms with Crippen molar-refractivity contribution in [1.82, 2.24) is 29.9 Å². The summed E-state index contributed by atoms with van der Waals surface area (Å²) >= 11 is 0. The maximum absolute atomic E-state index is 12.7. The summed E-state index contributed by atoms with van der Waals surface area (Å²) in [6, 6.07) is 5.66. The highest BCUT2D eigenvalue weighted by Crippen LogP contribution is 2.40. The van der Waals surface area contributed by atoms with E-state index >= 15 is 0 Å². The Labute approximate surface area is 149 Å². The van der Waals surface area contributed by atoms with Gasteiger partial charge in [0.15, 0.2) is 11.3 Å². The molecule has 0 aromatic carbocycles. The van der Waals surface area contributed by atoms with Gasteiger partial charge < -0.3 is 14.3 Å². The predicted molar refractivity (Wildman–Crippen MR) is 92.0 cm³/mol. The molecule has 1 amide bonds. The Kier molecular flexibility index (Phi) is 3.58. The van der Waals surface area contributed by atoms with Gasteiger partial charge in [0, 0.05) is 38.2 Å². The van der Waals surface area contributed by atoms with Crippen molar-refractivity contribution in [2.45, 2.75) is 25.2 Å². The number of hydrogen-bond acceptors (Lipinski definition) is 7. The molecule has 0 radical (unpaired) electrons. The maximum Gasteiger partial charge on any atom is 0.276 e. The number of amides is 1. The van der Waals surface area contributed by atoms with E-state index in [9.17, 15) is 4.79 Å². The van der Waals surface area contributed by atoms with Crippen molar-refractivity contribution in [3.8, 4) is 0 Å². The summed E-state index contributed by atoms with van der Waals surface area (Å²) in [5.74, 6) is 2.12. The van der Waals surface area contributed by atoms with Crippen molar-refractivity contribution in [2.75, 3.05) is 31.1 Å². The molecular formula is C17H19N7O2. The molecule has 1 saturated carbocycles. The molecule has 0 bridgehead atoms. The van der Waals surface area contributed by atoms with E-state index in [2.05, 4.69) is 25.4 Å². The minimum absolute atomic E-state index is 0.0512. The van der Waals surface area contributed by atoms with Gasteiger partial charge in [-0.1, -0.05) is 5.16 Å². The summed E-state index contributed by atoms with van der Waals surface area (Å²) in [5, 5.41) is 16.4. The van der Waals surface area contributed by atoms with Gasteiger partial charge in [-0.05, 0) is 31.4 Å². The quantitative estimate of drug-likeness (QED) is 0.701. The molecule has 9 heteroatoms. The first kappa shape index (κ1) is 15.3. The van der Waals surface area contributed by atoms with Gasteiger partial charge in [0.05, 0.1) is 0 Å². The fourth-order valence-electron chi connectivity index (χ4n) is 3.35. The van der Waals surface area contributed by atoms with Crippen molar-refractivity contribution in [3.63, 3.8) is 0 Å². The van der Waals surface area contributed by atoms with Crippen LogP contribution in [-0.4, -0.2) is 62.0 Å². The summed E-state index contributed by atoms with van der Waals surface area (Å²) in [6.45, 7) is 2.90. The lowest BCUT2D eigenvalue weighted by Gasteiger charge is -2.22. The molecule has 0 atom stereocenters. The third-order valence-corrected chi connectivity index (χ3v) is 4.98. The Morgan fingerprint density at radius 2 is 2.08 bits per heavy atom. The molecule has 134 valence electrons. The van der Waals surface area contributed by atoms with E-state index in [0.717, 1.165) is 49.6 Å². The van der Waals surface area contributed by atoms with Crippen LogP contribution in [0.1, 0.15) is 41.4 Å². The van der Waals surface area contributed by atoms with Crippen LogP contribution in [0.4, 0.5) is 5.82 Å². The molecule has 3 aromatic heterocycles. The molecule has 2 fully saturated rings. The van der Waals surface area contributed by atoms with Crippen LogP contribution >= 0.6 is 0 Å². The highest BCUT2D eigenvalue weighted by atomic mass is 16.5. The monoisotopic (exact) mass is 353 g/mol. The molecule has 1 aliphatic heterocycles. The highest BCUT2D eigenvalue weighted by molar-refractivity contribution is 5.92. The number of aromatic nitrogens is 5. The Morgan fingerprint density at radius 1 is 1.15 bits per heavy atom. The summed E-state index contributed by atoms with van der Waals surface area (Å²) in [7, 11) is 0. The van der Waals surface area contributed by atoms with Crippen LogP contribution in [0.25, 0.3) is 5.65 Å². The normalized spacial score (nSPS) is 18.3. The van der Waals surface area contributed by atoms with Gasteiger partial charge in [-0.15, -0.1) is 15.3 Å². The van der Waals surface area contributed by atoms with Crippen LogP contribution in [0.5, 0.6) is 0 Å². The van der Waals surface area contributed by atoms with Gasteiger partial charge in [0.2, 0.25) is 0 Å². The fourth-order valence-corrected chi connectivity index (χ4v) is 3.35. The van der Waals surface area contributed by atoms with Crippen LogP contribution in [-0.2, 0) is 0 Å². The largest absolute Gasteiger partial charge is 0.360 e. The smallest absolute Gasteiger partial charge is 0.276 e. The van der Waals surface area contributed by atoms with E-state index in [1.165, 1.54) is 0 Å². The standard InChI is InChI=1S/C17H19N7O2/c25-17(13-10-14(26-21-13)12-2-3-12)23-7-1-6-22(8-9-23)16-5-4-15-19-18-11-24(15)20-16/h4-5,10-12H,1-3,6-9H2. The first-order valence-corrected chi connectivity index (χ1v) is 8.96. The predicted octanol–water partition coefficient (Wildman–Crippen LogP) is 1.34. The van der Waals surface area contributed by atoms with E-state index < -0.39 is 0 Å². The van der Waals surface area contributed by atoms with Crippen LogP contribution in [0.3, 0.4) is 0 Å². The van der Waals surface area contributed by atoms with E-state index in [1.807, 2.05) is 23.1 Å². The summed E-state index contributed by atoms with van der Waals surface area (Å²) in [4.78, 5) is 16.8. The molecule has 5 rings (SSSR count). The van der Waals surface area contributed by atoms with Crippen molar-refractivity contribution < 1.29 is 9.32 Å². The number of rotatable bonds is 3. The lowest BCUT2D eigenvalue weighted by atomic mass is 10.2. The van der Waals surface area contributed by atoms with E-state index in [-0.39, 0.29) is 5.91 Å². The van der Waals surface area contributed by atoms with Gasteiger partial charge in [0.25, 0.3) is 5.91 Å². The van der Waals surface area contributed by atoms with Gasteiger partial charge in [-0.2, -0.15) is 4.52 Å². The maximum atomic E-state index is 12.7. The SMILES string of the molecule is O=C(c1cc(C2CC2)on1)N1CCCN(c2ccc3nncn3n2)CC1. The van der Waals surface area contributed by atoms with Crippen LogP contribution in [0, 0.1) is 0 Å². The number of carbonyl (C=O) groups is 1. The minimum Gasteiger partial charge on any atom is -0.360 e. The van der Waals surface area contributed by atoms with Gasteiger partial charge >= 0.3 is 0 Å². The zero-order valence-corrected chi connectivity index (χ0v) is 14.3. The molecule has 0 N–H and O–H groups in total. The Bertz CT molecular complexity index is 945. The van der Waals surface area contributed by atoms with Crippen LogP contribution in [0.2, 0.25) is 0 Å². The second-order valence-electron chi connectivity index (χ2n) is 6.85. The number of nitrogens with zero attached hydrogens (tertiary/aromatic N) is 7. The first-order chi connectivity index (χ1) is 12.8. The third-order valence-electron chi connectivity index (χ3n) is 4.98. The van der Waals surface area contributed by atoms with Crippen LogP contribution in [0.15, 0.2) is 29.0 Å². The van der Waals surface area contributed by atoms with Gasteiger partial charge in [-0.25, -0.2) is 0 Å². The van der Waals surface area contributed by atoms with Gasteiger partial charge in [-0.3, -0.25) is 4.79 Å². The number of carbonyl (C=O) groups excluding carboxylic acids is 1. The van der Waals surface area contributed by atoms with Crippen molar-refractivity contribution in [2.24, 2.45) is 0 Å². The van der Waals surface area contributed by atoms with E-state index in [0.29, 0.717) is 24.7 Å². The zero-order valence-electron chi connectivity index (χ0n) is 14.3. The number of fused-ring (bicyclic) bond motifs is 1. The second kappa shape index (κ2) is 6.08. The molecule has 0 spiro atoms. The minimum atomic E-state index is -0.0512. The average molecular weight is 353 g/mol. The third kappa shape index (κ3) is 2.79. The lowest BCUT2D eigenvalue weighted by molar-refractivity contribution is 0.0756. The molecule has 1 saturated heterocycles. The zero-order chi connectivity index (χ0) is 17.5. The van der Waals surface area contributed by atoms with E-state index in [1.54, 1.807) is 10.8 Å². The molecule has 2 aliphatic rings. The molecule has 1 aliphatic carbocycles. The topological polar surface area (TPSA) is 92.7 Å². The average Bonchev–Trinajstić information content (AvgIpc) is 3.29. The Hall–Kier alpha value is -2.97. The summed E-state index contributed by atoms with van der Waals surface area (Å²) in [6.07, 6.45) is 4.73. The molecule has 3 aromatic rings. The second-order valence-corrected chi connectivity index (χ2v) is 6.85. The molecule has 9 nitrogen and oxygen atoms in total. The molecule has 0 unspecified atom stereocenters. The Morgan fingerprint density at radius 3 is 2.96 bits per heavy atom. The lowest BCUT2D eigenvalue weighted by Crippen LogP contribution is -2.35. The van der Waals surface area contributed by atoms with Crippen LogP contribution < -0.4 is 4.90 Å². The molecular weight excluding hydrogens is 334 g/mol. The Balaban J connectivity index is 1.29. The van der Waals surface area contributed by atoms with Crippen molar-refractivity contribution in [3.05, 3.63) is 36.0 Å². The van der Waals surface area contributed by atoms with Gasteiger partial charge in [0.1, 0.15) is 17.9 Å². The number of anilines is 1. The van der Waals surface area contributed by atoms with Crippen molar-refractivity contribution in [1.29, 1.82) is 0 Å². The highest BCUT2D eigenvalue weighted by Gasteiger charge is 2.30. The first-order valence-electron chi connectivity index (χ1n) is 8.96. The summed E-state index contributed by atoms with van der Waals surface area (Å²) < 4.78 is 6.99. The molecule has 26 heavy (non-hydrogen) atoms. The number of hydrogen-bond donors (Lipinski definition) is 0. The fraction of sp³-hybridized carbons (Fsp3) is 0.471. The van der Waals surface area contributed by atoms with E-state index in [4.69, 9.17) is 4.52 Å². The molecule has 4 heterocycles. The summed E-state index contributed by atoms with van der Waals surface area (Å²) in [5.41, 5.74) is 1.14. The van der Waals surface area contributed by atoms with Crippen molar-refractivity contribution >= 4 is 17.4 Å².